The first-order valence-electron chi connectivity index (χ1n) is 10.5. The number of fused-ring (bicyclic) bond motifs is 2. The lowest BCUT2D eigenvalue weighted by atomic mass is 10.0. The molecule has 0 radical (unpaired) electrons. The fraction of sp³-hybridized carbons (Fsp3) is 0.292. The van der Waals surface area contributed by atoms with Gasteiger partial charge in [0.2, 0.25) is 0 Å². The minimum absolute atomic E-state index is 0.00653. The largest absolute Gasteiger partial charge is 0.417 e. The van der Waals surface area contributed by atoms with Gasteiger partial charge in [-0.2, -0.15) is 13.2 Å². The molecule has 1 aliphatic carbocycles. The molecule has 4 nitrogen and oxygen atoms in total. The second-order valence-electron chi connectivity index (χ2n) is 7.83. The molecule has 1 aromatic heterocycles. The Morgan fingerprint density at radius 2 is 1.71 bits per heavy atom. The Morgan fingerprint density at radius 1 is 0.968 bits per heavy atom. The summed E-state index contributed by atoms with van der Waals surface area (Å²) in [5, 5.41) is 3.35. The van der Waals surface area contributed by atoms with Crippen molar-refractivity contribution in [1.82, 2.24) is 9.97 Å². The number of nitrogens with zero attached hydrogens (tertiary/aromatic N) is 3. The zero-order chi connectivity index (χ0) is 21.6. The number of alkyl halides is 3. The standard InChI is InChI=1S/C24H21F3N4/c1-2-19-14-8-3-4-9-15(14)21(28-19)30-23-17-11-7-13-20(17)29-22(31-23)16-10-5-6-12-18(16)24(25,26)27/h3-6,8-10,12,19H,2,7,11,13H2,1H3,(H,28,29,30,31). The predicted molar refractivity (Wildman–Crippen MR) is 114 cm³/mol. The van der Waals surface area contributed by atoms with Crippen molar-refractivity contribution in [2.75, 3.05) is 5.32 Å². The molecule has 0 saturated heterocycles. The zero-order valence-corrected chi connectivity index (χ0v) is 17.0. The summed E-state index contributed by atoms with van der Waals surface area (Å²) in [6.07, 6.45) is -1.17. The number of rotatable bonds is 3. The van der Waals surface area contributed by atoms with Gasteiger partial charge in [-0.05, 0) is 37.3 Å². The SMILES string of the molecule is CCC1N=C(Nc2nc(-c3ccccc3C(F)(F)F)nc3c2CCC3)c2ccccc21. The summed E-state index contributed by atoms with van der Waals surface area (Å²) in [6.45, 7) is 2.09. The highest BCUT2D eigenvalue weighted by atomic mass is 19.4. The van der Waals surface area contributed by atoms with Crippen LogP contribution in [-0.4, -0.2) is 15.8 Å². The summed E-state index contributed by atoms with van der Waals surface area (Å²) in [7, 11) is 0. The van der Waals surface area contributed by atoms with Gasteiger partial charge in [-0.25, -0.2) is 9.97 Å². The molecule has 0 fully saturated rings. The Balaban J connectivity index is 1.60. The van der Waals surface area contributed by atoms with E-state index in [1.165, 1.54) is 12.1 Å². The third kappa shape index (κ3) is 3.48. The fourth-order valence-electron chi connectivity index (χ4n) is 4.40. The van der Waals surface area contributed by atoms with Crippen molar-refractivity contribution in [1.29, 1.82) is 0 Å². The van der Waals surface area contributed by atoms with Crippen LogP contribution in [0.2, 0.25) is 0 Å². The first-order chi connectivity index (χ1) is 15.0. The third-order valence-electron chi connectivity index (χ3n) is 5.89. The second kappa shape index (κ2) is 7.48. The van der Waals surface area contributed by atoms with Crippen molar-refractivity contribution >= 4 is 11.7 Å². The van der Waals surface area contributed by atoms with Crippen LogP contribution in [0.15, 0.2) is 53.5 Å². The molecule has 31 heavy (non-hydrogen) atoms. The molecule has 2 aliphatic rings. The van der Waals surface area contributed by atoms with E-state index in [1.54, 1.807) is 6.07 Å². The Kier molecular flexibility index (Phi) is 4.76. The molecule has 158 valence electrons. The zero-order valence-electron chi connectivity index (χ0n) is 17.0. The van der Waals surface area contributed by atoms with Crippen LogP contribution < -0.4 is 5.32 Å². The lowest BCUT2D eigenvalue weighted by Crippen LogP contribution is -2.16. The molecule has 2 aromatic carbocycles. The summed E-state index contributed by atoms with van der Waals surface area (Å²) < 4.78 is 40.8. The van der Waals surface area contributed by atoms with Gasteiger partial charge in [0.25, 0.3) is 0 Å². The van der Waals surface area contributed by atoms with E-state index in [-0.39, 0.29) is 17.4 Å². The van der Waals surface area contributed by atoms with E-state index in [0.29, 0.717) is 11.7 Å². The van der Waals surface area contributed by atoms with Crippen LogP contribution in [0.25, 0.3) is 11.4 Å². The van der Waals surface area contributed by atoms with Crippen LogP contribution in [0.3, 0.4) is 0 Å². The maximum Gasteiger partial charge on any atom is 0.417 e. The van der Waals surface area contributed by atoms with Gasteiger partial charge >= 0.3 is 6.18 Å². The smallest absolute Gasteiger partial charge is 0.324 e. The fourth-order valence-corrected chi connectivity index (χ4v) is 4.40. The first-order valence-corrected chi connectivity index (χ1v) is 10.5. The van der Waals surface area contributed by atoms with Crippen molar-refractivity contribution < 1.29 is 13.2 Å². The van der Waals surface area contributed by atoms with Crippen LogP contribution in [-0.2, 0) is 19.0 Å². The van der Waals surface area contributed by atoms with Crippen LogP contribution in [0, 0.1) is 0 Å². The van der Waals surface area contributed by atoms with Crippen LogP contribution in [0.1, 0.15) is 53.8 Å². The number of anilines is 1. The number of nitrogens with one attached hydrogen (secondary N) is 1. The van der Waals surface area contributed by atoms with E-state index in [0.717, 1.165) is 54.1 Å². The van der Waals surface area contributed by atoms with Crippen LogP contribution in [0.4, 0.5) is 19.0 Å². The molecular weight excluding hydrogens is 401 g/mol. The van der Waals surface area contributed by atoms with Gasteiger partial charge in [0.1, 0.15) is 11.7 Å². The van der Waals surface area contributed by atoms with E-state index >= 15 is 0 Å². The van der Waals surface area contributed by atoms with Gasteiger partial charge in [-0.3, -0.25) is 4.99 Å². The van der Waals surface area contributed by atoms with Gasteiger partial charge < -0.3 is 5.32 Å². The molecule has 3 aromatic rings. The molecule has 2 heterocycles. The lowest BCUT2D eigenvalue weighted by molar-refractivity contribution is -0.137. The van der Waals surface area contributed by atoms with Crippen molar-refractivity contribution in [3.63, 3.8) is 0 Å². The second-order valence-corrected chi connectivity index (χ2v) is 7.83. The summed E-state index contributed by atoms with van der Waals surface area (Å²) in [4.78, 5) is 13.9. The number of aliphatic imine (C=N–C) groups is 1. The highest BCUT2D eigenvalue weighted by Gasteiger charge is 2.35. The third-order valence-corrected chi connectivity index (χ3v) is 5.89. The van der Waals surface area contributed by atoms with Crippen molar-refractivity contribution in [3.8, 4) is 11.4 Å². The maximum absolute atomic E-state index is 13.6. The normalized spacial score (nSPS) is 17.3. The van der Waals surface area contributed by atoms with E-state index in [2.05, 4.69) is 28.3 Å². The molecule has 1 atom stereocenters. The van der Waals surface area contributed by atoms with E-state index < -0.39 is 11.7 Å². The number of amidine groups is 1. The van der Waals surface area contributed by atoms with Gasteiger partial charge in [0, 0.05) is 22.4 Å². The van der Waals surface area contributed by atoms with Gasteiger partial charge in [0.15, 0.2) is 5.82 Å². The molecule has 1 unspecified atom stereocenters. The van der Waals surface area contributed by atoms with Gasteiger partial charge in [-0.1, -0.05) is 49.4 Å². The van der Waals surface area contributed by atoms with E-state index in [1.807, 2.05) is 18.2 Å². The Labute approximate surface area is 178 Å². The Bertz CT molecular complexity index is 1180. The van der Waals surface area contributed by atoms with Gasteiger partial charge in [0.05, 0.1) is 11.6 Å². The summed E-state index contributed by atoms with van der Waals surface area (Å²) >= 11 is 0. The summed E-state index contributed by atoms with van der Waals surface area (Å²) in [6, 6.07) is 13.6. The molecule has 7 heteroatoms. The number of aryl methyl sites for hydroxylation is 1. The van der Waals surface area contributed by atoms with Crippen molar-refractivity contribution in [2.45, 2.75) is 44.8 Å². The average molecular weight is 422 g/mol. The topological polar surface area (TPSA) is 50.2 Å². The number of halogens is 3. The molecule has 1 aliphatic heterocycles. The van der Waals surface area contributed by atoms with Gasteiger partial charge in [-0.15, -0.1) is 0 Å². The monoisotopic (exact) mass is 422 g/mol. The molecular formula is C24H21F3N4. The highest BCUT2D eigenvalue weighted by Crippen LogP contribution is 2.38. The maximum atomic E-state index is 13.6. The minimum atomic E-state index is -4.48. The summed E-state index contributed by atoms with van der Waals surface area (Å²) in [5.41, 5.74) is 3.20. The molecule has 0 saturated carbocycles. The number of benzene rings is 2. The van der Waals surface area contributed by atoms with Crippen molar-refractivity contribution in [2.24, 2.45) is 4.99 Å². The lowest BCUT2D eigenvalue weighted by Gasteiger charge is -2.15. The summed E-state index contributed by atoms with van der Waals surface area (Å²) in [5.74, 6) is 1.36. The number of hydrogen-bond donors (Lipinski definition) is 1. The average Bonchev–Trinajstić information content (AvgIpc) is 3.38. The minimum Gasteiger partial charge on any atom is -0.324 e. The molecule has 5 rings (SSSR count). The highest BCUT2D eigenvalue weighted by molar-refractivity contribution is 6.11. The Morgan fingerprint density at radius 3 is 2.48 bits per heavy atom. The van der Waals surface area contributed by atoms with E-state index in [4.69, 9.17) is 4.99 Å². The Hall–Kier alpha value is -3.22. The van der Waals surface area contributed by atoms with Crippen LogP contribution in [0.5, 0.6) is 0 Å². The number of hydrogen-bond acceptors (Lipinski definition) is 4. The molecule has 1 N–H and O–H groups in total. The first kappa shape index (κ1) is 19.7. The quantitative estimate of drug-likeness (QED) is 0.565. The van der Waals surface area contributed by atoms with Crippen LogP contribution >= 0.6 is 0 Å². The van der Waals surface area contributed by atoms with Crippen molar-refractivity contribution in [3.05, 3.63) is 76.5 Å². The number of aromatic nitrogens is 2. The molecule has 0 amide bonds. The molecule has 0 bridgehead atoms. The molecule has 0 spiro atoms. The van der Waals surface area contributed by atoms with E-state index in [9.17, 15) is 13.2 Å². The predicted octanol–water partition coefficient (Wildman–Crippen LogP) is 5.97.